The Morgan fingerprint density at radius 2 is 2.16 bits per heavy atom. The van der Waals surface area contributed by atoms with Gasteiger partial charge in [-0.05, 0) is 25.1 Å². The lowest BCUT2D eigenvalue weighted by Crippen LogP contribution is -2.34. The van der Waals surface area contributed by atoms with E-state index in [4.69, 9.17) is 17.3 Å². The fraction of sp³-hybridized carbons (Fsp3) is 0.286. The summed E-state index contributed by atoms with van der Waals surface area (Å²) in [5.41, 5.74) is 7.06. The number of hydrogen-bond donors (Lipinski definition) is 2. The van der Waals surface area contributed by atoms with E-state index >= 15 is 0 Å². The van der Waals surface area contributed by atoms with E-state index in [2.05, 4.69) is 10.3 Å². The maximum Gasteiger partial charge on any atom is 0.228 e. The molecule has 0 radical (unpaired) electrons. The topological polar surface area (TPSA) is 68.0 Å². The number of halogens is 1. The molecule has 1 aromatic carbocycles. The van der Waals surface area contributed by atoms with E-state index in [1.807, 2.05) is 18.2 Å². The van der Waals surface area contributed by atoms with E-state index in [0.29, 0.717) is 10.7 Å². The summed E-state index contributed by atoms with van der Waals surface area (Å²) < 4.78 is 0. The molecule has 1 aromatic heterocycles. The van der Waals surface area contributed by atoms with E-state index in [1.54, 1.807) is 26.1 Å². The Labute approximate surface area is 117 Å². The zero-order valence-corrected chi connectivity index (χ0v) is 11.6. The van der Waals surface area contributed by atoms with Gasteiger partial charge >= 0.3 is 0 Å². The third kappa shape index (κ3) is 3.03. The molecule has 0 aliphatic carbocycles. The van der Waals surface area contributed by atoms with Crippen LogP contribution in [0.2, 0.25) is 5.02 Å². The molecule has 0 saturated carbocycles. The number of pyridine rings is 1. The van der Waals surface area contributed by atoms with Gasteiger partial charge in [-0.25, -0.2) is 0 Å². The lowest BCUT2D eigenvalue weighted by Gasteiger charge is -2.16. The highest BCUT2D eigenvalue weighted by atomic mass is 35.5. The van der Waals surface area contributed by atoms with Gasteiger partial charge < -0.3 is 11.1 Å². The zero-order valence-electron chi connectivity index (χ0n) is 10.9. The lowest BCUT2D eigenvalue weighted by atomic mass is 10.0. The molecule has 2 unspecified atom stereocenters. The first-order valence-corrected chi connectivity index (χ1v) is 6.47. The van der Waals surface area contributed by atoms with Gasteiger partial charge in [-0.2, -0.15) is 0 Å². The van der Waals surface area contributed by atoms with E-state index in [1.165, 1.54) is 0 Å². The van der Waals surface area contributed by atoms with Crippen LogP contribution in [-0.4, -0.2) is 16.9 Å². The molecule has 0 aliphatic rings. The monoisotopic (exact) mass is 277 g/mol. The summed E-state index contributed by atoms with van der Waals surface area (Å²) in [6.07, 6.45) is 1.68. The van der Waals surface area contributed by atoms with Crippen molar-refractivity contribution < 1.29 is 4.79 Å². The minimum atomic E-state index is -0.280. The predicted molar refractivity (Wildman–Crippen MR) is 78.2 cm³/mol. The Morgan fingerprint density at radius 1 is 1.42 bits per heavy atom. The molecular formula is C14H16ClN3O. The van der Waals surface area contributed by atoms with E-state index < -0.39 is 0 Å². The minimum absolute atomic E-state index is 0.135. The van der Waals surface area contributed by atoms with Crippen molar-refractivity contribution in [3.63, 3.8) is 0 Å². The fourth-order valence-electron chi connectivity index (χ4n) is 1.74. The van der Waals surface area contributed by atoms with Crippen molar-refractivity contribution in [1.82, 2.24) is 4.98 Å². The highest BCUT2D eigenvalue weighted by Crippen LogP contribution is 2.26. The molecule has 0 aliphatic heterocycles. The molecule has 2 rings (SSSR count). The van der Waals surface area contributed by atoms with Gasteiger partial charge in [-0.3, -0.25) is 9.78 Å². The molecule has 0 saturated heterocycles. The van der Waals surface area contributed by atoms with E-state index in [9.17, 15) is 4.79 Å². The average molecular weight is 278 g/mol. The number of carbonyl (C=O) groups is 1. The Balaban J connectivity index is 2.37. The Kier molecular flexibility index (Phi) is 4.02. The normalized spacial score (nSPS) is 14.1. The van der Waals surface area contributed by atoms with E-state index in [-0.39, 0.29) is 17.9 Å². The zero-order chi connectivity index (χ0) is 14.0. The highest BCUT2D eigenvalue weighted by Gasteiger charge is 2.18. The van der Waals surface area contributed by atoms with Gasteiger partial charge in [0.15, 0.2) is 0 Å². The average Bonchev–Trinajstić information content (AvgIpc) is 2.37. The summed E-state index contributed by atoms with van der Waals surface area (Å²) in [6, 6.07) is 7.03. The Hall–Kier alpha value is -1.65. The number of amides is 1. The van der Waals surface area contributed by atoms with Crippen molar-refractivity contribution in [3.8, 4) is 0 Å². The van der Waals surface area contributed by atoms with Crippen molar-refractivity contribution in [3.05, 3.63) is 35.5 Å². The van der Waals surface area contributed by atoms with Crippen LogP contribution in [0.4, 0.5) is 5.69 Å². The van der Waals surface area contributed by atoms with Crippen molar-refractivity contribution >= 4 is 34.1 Å². The van der Waals surface area contributed by atoms with Gasteiger partial charge in [0.1, 0.15) is 0 Å². The van der Waals surface area contributed by atoms with Crippen LogP contribution in [0.15, 0.2) is 30.5 Å². The Bertz CT molecular complexity index is 613. The molecular weight excluding hydrogens is 262 g/mol. The van der Waals surface area contributed by atoms with Gasteiger partial charge in [0, 0.05) is 22.6 Å². The fourth-order valence-corrected chi connectivity index (χ4v) is 1.96. The molecule has 0 spiro atoms. The standard InChI is InChI=1S/C14H16ClN3O/c1-8(9(2)16)14(19)18-12-7-11(15)6-10-4-3-5-17-13(10)12/h3-9H,16H2,1-2H3,(H,18,19). The first-order chi connectivity index (χ1) is 8.99. The van der Waals surface area contributed by atoms with Crippen molar-refractivity contribution in [2.75, 3.05) is 5.32 Å². The first-order valence-electron chi connectivity index (χ1n) is 6.09. The van der Waals surface area contributed by atoms with Crippen molar-refractivity contribution in [2.24, 2.45) is 11.7 Å². The maximum absolute atomic E-state index is 12.0. The molecule has 3 N–H and O–H groups in total. The second kappa shape index (κ2) is 5.55. The number of rotatable bonds is 3. The molecule has 0 fully saturated rings. The number of carbonyl (C=O) groups excluding carboxylic acids is 1. The van der Waals surface area contributed by atoms with Crippen LogP contribution in [0.5, 0.6) is 0 Å². The molecule has 2 aromatic rings. The molecule has 5 heteroatoms. The lowest BCUT2D eigenvalue weighted by molar-refractivity contribution is -0.119. The summed E-state index contributed by atoms with van der Waals surface area (Å²) in [5.74, 6) is -0.415. The minimum Gasteiger partial charge on any atom is -0.327 e. The molecule has 100 valence electrons. The summed E-state index contributed by atoms with van der Waals surface area (Å²) >= 11 is 6.05. The summed E-state index contributed by atoms with van der Waals surface area (Å²) in [5, 5.41) is 4.29. The SMILES string of the molecule is CC(N)C(C)C(=O)Nc1cc(Cl)cc2cccnc12. The molecule has 0 bridgehead atoms. The van der Waals surface area contributed by atoms with Gasteiger partial charge in [0.25, 0.3) is 0 Å². The quantitative estimate of drug-likeness (QED) is 0.906. The number of benzene rings is 1. The molecule has 19 heavy (non-hydrogen) atoms. The highest BCUT2D eigenvalue weighted by molar-refractivity contribution is 6.32. The largest absolute Gasteiger partial charge is 0.327 e. The van der Waals surface area contributed by atoms with Gasteiger partial charge in [-0.15, -0.1) is 0 Å². The van der Waals surface area contributed by atoms with Crippen molar-refractivity contribution in [2.45, 2.75) is 19.9 Å². The van der Waals surface area contributed by atoms with Crippen LogP contribution < -0.4 is 11.1 Å². The summed E-state index contributed by atoms with van der Waals surface area (Å²) in [7, 11) is 0. The second-order valence-electron chi connectivity index (χ2n) is 4.67. The van der Waals surface area contributed by atoms with Gasteiger partial charge in [0.2, 0.25) is 5.91 Å². The number of nitrogens with zero attached hydrogens (tertiary/aromatic N) is 1. The van der Waals surface area contributed by atoms with Crippen LogP contribution in [-0.2, 0) is 4.79 Å². The summed E-state index contributed by atoms with van der Waals surface area (Å²) in [6.45, 7) is 3.60. The number of hydrogen-bond acceptors (Lipinski definition) is 3. The van der Waals surface area contributed by atoms with Crippen LogP contribution in [0.1, 0.15) is 13.8 Å². The third-order valence-corrected chi connectivity index (χ3v) is 3.35. The number of aromatic nitrogens is 1. The predicted octanol–water partition coefficient (Wildman–Crippen LogP) is 2.81. The van der Waals surface area contributed by atoms with Crippen LogP contribution in [0.3, 0.4) is 0 Å². The van der Waals surface area contributed by atoms with Crippen LogP contribution >= 0.6 is 11.6 Å². The maximum atomic E-state index is 12.0. The van der Waals surface area contributed by atoms with Crippen LogP contribution in [0, 0.1) is 5.92 Å². The molecule has 1 amide bonds. The molecule has 1 heterocycles. The van der Waals surface area contributed by atoms with Crippen molar-refractivity contribution in [1.29, 1.82) is 0 Å². The van der Waals surface area contributed by atoms with Gasteiger partial charge in [0.05, 0.1) is 17.1 Å². The number of fused-ring (bicyclic) bond motifs is 1. The van der Waals surface area contributed by atoms with Crippen LogP contribution in [0.25, 0.3) is 10.9 Å². The second-order valence-corrected chi connectivity index (χ2v) is 5.10. The summed E-state index contributed by atoms with van der Waals surface area (Å²) in [4.78, 5) is 16.3. The van der Waals surface area contributed by atoms with Gasteiger partial charge in [-0.1, -0.05) is 24.6 Å². The number of anilines is 1. The molecule has 4 nitrogen and oxygen atoms in total. The van der Waals surface area contributed by atoms with E-state index in [0.717, 1.165) is 10.9 Å². The first kappa shape index (κ1) is 13.8. The number of nitrogens with one attached hydrogen (secondary N) is 1. The Morgan fingerprint density at radius 3 is 2.84 bits per heavy atom. The third-order valence-electron chi connectivity index (χ3n) is 3.13. The number of nitrogens with two attached hydrogens (primary N) is 1. The smallest absolute Gasteiger partial charge is 0.228 e. The molecule has 2 atom stereocenters.